The van der Waals surface area contributed by atoms with Gasteiger partial charge in [-0.25, -0.2) is 18.1 Å². The fourth-order valence-corrected chi connectivity index (χ4v) is 4.89. The monoisotopic (exact) mass is 474 g/mol. The molecule has 0 bridgehead atoms. The molecule has 168 valence electrons. The Balaban J connectivity index is 1.53. The van der Waals surface area contributed by atoms with Crippen molar-refractivity contribution in [1.82, 2.24) is 9.71 Å². The minimum atomic E-state index is -3.76. The SMILES string of the molecule is Cc1ccccc1C(=O)c1cnc(N(C)CCCNS(=O)(=O)c2ccc([N+](=O)[O-])cc2)s1. The number of nitro benzene ring substituents is 1. The molecule has 1 N–H and O–H groups in total. The molecule has 0 aliphatic carbocycles. The molecular weight excluding hydrogens is 452 g/mol. The van der Waals surface area contributed by atoms with Gasteiger partial charge in [0.05, 0.1) is 20.9 Å². The molecule has 1 aromatic heterocycles. The number of nitrogens with zero attached hydrogens (tertiary/aromatic N) is 3. The Morgan fingerprint density at radius 3 is 2.53 bits per heavy atom. The number of carbonyl (C=O) groups excluding carboxylic acids is 1. The van der Waals surface area contributed by atoms with E-state index < -0.39 is 14.9 Å². The summed E-state index contributed by atoms with van der Waals surface area (Å²) in [6, 6.07) is 12.1. The number of nitrogens with one attached hydrogen (secondary N) is 1. The fraction of sp³-hybridized carbons (Fsp3) is 0.238. The molecule has 0 atom stereocenters. The maximum atomic E-state index is 12.7. The van der Waals surface area contributed by atoms with E-state index in [-0.39, 0.29) is 22.9 Å². The van der Waals surface area contributed by atoms with Crippen LogP contribution in [0.1, 0.15) is 27.2 Å². The Morgan fingerprint density at radius 2 is 1.88 bits per heavy atom. The lowest BCUT2D eigenvalue weighted by molar-refractivity contribution is -0.384. The van der Waals surface area contributed by atoms with Gasteiger partial charge >= 0.3 is 0 Å². The van der Waals surface area contributed by atoms with Crippen LogP contribution in [0.3, 0.4) is 0 Å². The highest BCUT2D eigenvalue weighted by atomic mass is 32.2. The molecule has 0 spiro atoms. The average Bonchev–Trinajstić information content (AvgIpc) is 3.27. The summed E-state index contributed by atoms with van der Waals surface area (Å²) in [6.07, 6.45) is 2.06. The molecule has 1 heterocycles. The summed E-state index contributed by atoms with van der Waals surface area (Å²) in [5, 5.41) is 11.4. The number of non-ortho nitro benzene ring substituents is 1. The molecule has 32 heavy (non-hydrogen) atoms. The van der Waals surface area contributed by atoms with E-state index in [9.17, 15) is 23.3 Å². The largest absolute Gasteiger partial charge is 0.351 e. The van der Waals surface area contributed by atoms with Crippen molar-refractivity contribution in [1.29, 1.82) is 0 Å². The van der Waals surface area contributed by atoms with Gasteiger partial charge in [-0.2, -0.15) is 0 Å². The number of benzene rings is 2. The summed E-state index contributed by atoms with van der Waals surface area (Å²) in [7, 11) is -1.93. The molecule has 3 rings (SSSR count). The third kappa shape index (κ3) is 5.55. The first kappa shape index (κ1) is 23.5. The number of hydrogen-bond donors (Lipinski definition) is 1. The molecule has 0 radical (unpaired) electrons. The van der Waals surface area contributed by atoms with Gasteiger partial charge < -0.3 is 4.90 Å². The van der Waals surface area contributed by atoms with Crippen molar-refractivity contribution in [3.05, 3.63) is 80.8 Å². The van der Waals surface area contributed by atoms with Crippen LogP contribution in [0.2, 0.25) is 0 Å². The van der Waals surface area contributed by atoms with E-state index in [0.29, 0.717) is 28.5 Å². The Labute approximate surface area is 189 Å². The lowest BCUT2D eigenvalue weighted by Crippen LogP contribution is -2.28. The second kappa shape index (κ2) is 9.98. The van der Waals surface area contributed by atoms with E-state index in [1.54, 1.807) is 12.3 Å². The van der Waals surface area contributed by atoms with Gasteiger partial charge in [-0.15, -0.1) is 0 Å². The van der Waals surface area contributed by atoms with E-state index in [1.807, 2.05) is 37.1 Å². The van der Waals surface area contributed by atoms with Crippen LogP contribution in [0.5, 0.6) is 0 Å². The Morgan fingerprint density at radius 1 is 1.19 bits per heavy atom. The quantitative estimate of drug-likeness (QED) is 0.207. The minimum Gasteiger partial charge on any atom is -0.351 e. The first-order valence-corrected chi connectivity index (χ1v) is 12.0. The van der Waals surface area contributed by atoms with Crippen LogP contribution in [0, 0.1) is 17.0 Å². The van der Waals surface area contributed by atoms with Crippen molar-refractivity contribution in [2.24, 2.45) is 0 Å². The van der Waals surface area contributed by atoms with Crippen LogP contribution < -0.4 is 9.62 Å². The van der Waals surface area contributed by atoms with Gasteiger partial charge in [-0.3, -0.25) is 14.9 Å². The van der Waals surface area contributed by atoms with Gasteiger partial charge in [-0.1, -0.05) is 35.6 Å². The number of thiazole rings is 1. The first-order chi connectivity index (χ1) is 15.2. The van der Waals surface area contributed by atoms with Crippen molar-refractivity contribution in [2.45, 2.75) is 18.2 Å². The van der Waals surface area contributed by atoms with Crippen molar-refractivity contribution < 1.29 is 18.1 Å². The van der Waals surface area contributed by atoms with Gasteiger partial charge in [0.15, 0.2) is 5.13 Å². The van der Waals surface area contributed by atoms with Crippen LogP contribution in [-0.2, 0) is 10.0 Å². The predicted octanol–water partition coefficient (Wildman–Crippen LogP) is 3.40. The molecule has 0 fully saturated rings. The number of ketones is 1. The number of sulfonamides is 1. The van der Waals surface area contributed by atoms with Crippen molar-refractivity contribution >= 4 is 38.0 Å². The Bertz CT molecular complexity index is 1220. The lowest BCUT2D eigenvalue weighted by Gasteiger charge is -2.15. The molecule has 0 aliphatic rings. The fourth-order valence-electron chi connectivity index (χ4n) is 2.96. The van der Waals surface area contributed by atoms with Crippen LogP contribution in [-0.4, -0.2) is 44.2 Å². The van der Waals surface area contributed by atoms with Crippen LogP contribution in [0.4, 0.5) is 10.8 Å². The number of nitro groups is 1. The molecule has 2 aromatic carbocycles. The molecule has 0 saturated carbocycles. The highest BCUT2D eigenvalue weighted by Gasteiger charge is 2.17. The number of rotatable bonds is 10. The van der Waals surface area contributed by atoms with E-state index in [2.05, 4.69) is 9.71 Å². The highest BCUT2D eigenvalue weighted by molar-refractivity contribution is 7.89. The topological polar surface area (TPSA) is 123 Å². The number of carbonyl (C=O) groups is 1. The van der Waals surface area contributed by atoms with Crippen LogP contribution >= 0.6 is 11.3 Å². The third-order valence-corrected chi connectivity index (χ3v) is 7.34. The summed E-state index contributed by atoms with van der Waals surface area (Å²) in [6.45, 7) is 2.59. The second-order valence-electron chi connectivity index (χ2n) is 7.08. The predicted molar refractivity (Wildman–Crippen MR) is 123 cm³/mol. The summed E-state index contributed by atoms with van der Waals surface area (Å²) < 4.78 is 27.1. The van der Waals surface area contributed by atoms with Gasteiger partial charge in [0, 0.05) is 37.8 Å². The first-order valence-electron chi connectivity index (χ1n) is 9.70. The number of aryl methyl sites for hydroxylation is 1. The zero-order valence-electron chi connectivity index (χ0n) is 17.5. The van der Waals surface area contributed by atoms with Gasteiger partial charge in [0.1, 0.15) is 0 Å². The standard InChI is InChI=1S/C21H22N4O5S2/c1-15-6-3-4-7-18(15)20(26)19-14-22-21(31-19)24(2)13-5-12-23-32(29,30)17-10-8-16(9-11-17)25(27)28/h3-4,6-11,14,23H,5,12-13H2,1-2H3. The van der Waals surface area contributed by atoms with Crippen LogP contribution in [0.25, 0.3) is 0 Å². The van der Waals surface area contributed by atoms with Crippen molar-refractivity contribution in [3.63, 3.8) is 0 Å². The van der Waals surface area contributed by atoms with Gasteiger partial charge in [0.25, 0.3) is 5.69 Å². The average molecular weight is 475 g/mol. The third-order valence-electron chi connectivity index (χ3n) is 4.75. The van der Waals surface area contributed by atoms with E-state index >= 15 is 0 Å². The van der Waals surface area contributed by atoms with Gasteiger partial charge in [-0.05, 0) is 31.0 Å². The van der Waals surface area contributed by atoms with Crippen LogP contribution in [0.15, 0.2) is 59.6 Å². The molecule has 0 amide bonds. The number of aromatic nitrogens is 1. The Kier molecular flexibility index (Phi) is 7.33. The summed E-state index contributed by atoms with van der Waals surface area (Å²) in [5.74, 6) is -0.0730. The molecule has 11 heteroatoms. The summed E-state index contributed by atoms with van der Waals surface area (Å²) in [4.78, 5) is 29.5. The maximum absolute atomic E-state index is 12.7. The molecular formula is C21H22N4O5S2. The summed E-state index contributed by atoms with van der Waals surface area (Å²) in [5.41, 5.74) is 1.38. The zero-order chi connectivity index (χ0) is 23.3. The normalized spacial score (nSPS) is 11.3. The Hall–Kier alpha value is -3.15. The lowest BCUT2D eigenvalue weighted by atomic mass is 10.0. The summed E-state index contributed by atoms with van der Waals surface area (Å²) >= 11 is 1.29. The maximum Gasteiger partial charge on any atom is 0.269 e. The van der Waals surface area contributed by atoms with Gasteiger partial charge in [0.2, 0.25) is 15.8 Å². The number of anilines is 1. The molecule has 0 saturated heterocycles. The zero-order valence-corrected chi connectivity index (χ0v) is 19.1. The van der Waals surface area contributed by atoms with E-state index in [0.717, 1.165) is 17.7 Å². The number of hydrogen-bond acceptors (Lipinski definition) is 8. The molecule has 9 nitrogen and oxygen atoms in total. The molecule has 0 aliphatic heterocycles. The molecule has 0 unspecified atom stereocenters. The van der Waals surface area contributed by atoms with E-state index in [4.69, 9.17) is 0 Å². The van der Waals surface area contributed by atoms with Crippen molar-refractivity contribution in [3.8, 4) is 0 Å². The van der Waals surface area contributed by atoms with E-state index in [1.165, 1.54) is 23.5 Å². The second-order valence-corrected chi connectivity index (χ2v) is 9.85. The smallest absolute Gasteiger partial charge is 0.269 e. The molecule has 3 aromatic rings. The minimum absolute atomic E-state index is 0.0317. The highest BCUT2D eigenvalue weighted by Crippen LogP contribution is 2.25. The van der Waals surface area contributed by atoms with Crippen molar-refractivity contribution in [2.75, 3.05) is 25.0 Å².